The van der Waals surface area contributed by atoms with Crippen molar-refractivity contribution in [1.29, 1.82) is 0 Å². The molecule has 0 aromatic heterocycles. The fraction of sp³-hybridized carbons (Fsp3) is 0.364. The predicted molar refractivity (Wildman–Crippen MR) is 52.5 cm³/mol. The highest BCUT2D eigenvalue weighted by atomic mass is 19.4. The summed E-state index contributed by atoms with van der Waals surface area (Å²) in [4.78, 5) is 11.4. The van der Waals surface area contributed by atoms with Gasteiger partial charge in [0, 0.05) is 12.0 Å². The van der Waals surface area contributed by atoms with Crippen molar-refractivity contribution in [3.8, 4) is 11.5 Å². The average molecular weight is 300 g/mol. The minimum atomic E-state index is -5.19. The summed E-state index contributed by atoms with van der Waals surface area (Å²) in [5.74, 6) is -2.77. The van der Waals surface area contributed by atoms with Gasteiger partial charge in [0.25, 0.3) is 0 Å². The van der Waals surface area contributed by atoms with E-state index in [4.69, 9.17) is 0 Å². The molecule has 0 saturated carbocycles. The van der Waals surface area contributed by atoms with E-state index in [0.29, 0.717) is 6.07 Å². The number of hydrogen-bond donors (Lipinski definition) is 0. The number of Topliss-reactive ketones (excluding diaryl/α,β-unsaturated/α-hetero) is 1. The van der Waals surface area contributed by atoms with Gasteiger partial charge < -0.3 is 9.47 Å². The molecule has 3 nitrogen and oxygen atoms in total. The number of ether oxygens (including phenoxy) is 2. The van der Waals surface area contributed by atoms with Crippen LogP contribution in [-0.2, 0) is 6.42 Å². The fourth-order valence-corrected chi connectivity index (χ4v) is 1.86. The monoisotopic (exact) mass is 300 g/mol. The maximum Gasteiger partial charge on any atom is 0.573 e. The maximum atomic E-state index is 12.2. The highest BCUT2D eigenvalue weighted by Crippen LogP contribution is 2.40. The standard InChI is InChI=1S/C11H6F6O3/c12-10(13,14)19-8-3-5-1-2-7(18)6(5)4-9(8)20-11(15,16)17/h3-4H,1-2H2. The number of ketones is 1. The second-order valence-corrected chi connectivity index (χ2v) is 3.97. The van der Waals surface area contributed by atoms with Crippen LogP contribution in [0.25, 0.3) is 0 Å². The lowest BCUT2D eigenvalue weighted by Crippen LogP contribution is -2.21. The third-order valence-electron chi connectivity index (χ3n) is 2.54. The lowest BCUT2D eigenvalue weighted by Gasteiger charge is -2.16. The normalized spacial score (nSPS) is 15.2. The van der Waals surface area contributed by atoms with E-state index in [1.165, 1.54) is 0 Å². The Hall–Kier alpha value is -1.93. The van der Waals surface area contributed by atoms with E-state index >= 15 is 0 Å². The maximum absolute atomic E-state index is 12.2. The van der Waals surface area contributed by atoms with Gasteiger partial charge in [0.2, 0.25) is 0 Å². The van der Waals surface area contributed by atoms with Crippen LogP contribution in [-0.4, -0.2) is 18.5 Å². The van der Waals surface area contributed by atoms with Crippen molar-refractivity contribution in [2.75, 3.05) is 0 Å². The summed E-state index contributed by atoms with van der Waals surface area (Å²) in [5, 5.41) is 0. The topological polar surface area (TPSA) is 35.5 Å². The summed E-state index contributed by atoms with van der Waals surface area (Å²) in [7, 11) is 0. The highest BCUT2D eigenvalue weighted by Gasteiger charge is 2.38. The van der Waals surface area contributed by atoms with Crippen molar-refractivity contribution in [2.24, 2.45) is 0 Å². The number of carbonyl (C=O) groups is 1. The van der Waals surface area contributed by atoms with Gasteiger partial charge in [0.1, 0.15) is 0 Å². The molecule has 0 fully saturated rings. The van der Waals surface area contributed by atoms with Crippen LogP contribution in [0.4, 0.5) is 26.3 Å². The Morgan fingerprint density at radius 2 is 1.35 bits per heavy atom. The summed E-state index contributed by atoms with van der Waals surface area (Å²) in [6, 6.07) is 1.37. The Labute approximate surface area is 108 Å². The largest absolute Gasteiger partial charge is 0.573 e. The lowest BCUT2D eigenvalue weighted by atomic mass is 10.1. The molecule has 1 aromatic carbocycles. The Morgan fingerprint density at radius 1 is 0.850 bits per heavy atom. The summed E-state index contributed by atoms with van der Waals surface area (Å²) in [5.41, 5.74) is 0.113. The molecule has 1 aromatic rings. The molecule has 0 heterocycles. The average Bonchev–Trinajstić information content (AvgIpc) is 2.56. The number of rotatable bonds is 2. The van der Waals surface area contributed by atoms with E-state index in [2.05, 4.69) is 9.47 Å². The predicted octanol–water partition coefficient (Wildman–Crippen LogP) is 3.61. The minimum absolute atomic E-state index is 0.0241. The van der Waals surface area contributed by atoms with Gasteiger partial charge in [-0.3, -0.25) is 4.79 Å². The minimum Gasteiger partial charge on any atom is -0.402 e. The third kappa shape index (κ3) is 3.34. The van der Waals surface area contributed by atoms with Crippen LogP contribution >= 0.6 is 0 Å². The highest BCUT2D eigenvalue weighted by molar-refractivity contribution is 6.01. The molecule has 0 saturated heterocycles. The van der Waals surface area contributed by atoms with Crippen molar-refractivity contribution in [3.63, 3.8) is 0 Å². The quantitative estimate of drug-likeness (QED) is 0.783. The zero-order valence-electron chi connectivity index (χ0n) is 9.56. The molecule has 0 spiro atoms. The first kappa shape index (κ1) is 14.5. The lowest BCUT2D eigenvalue weighted by molar-refractivity contribution is -0.287. The van der Waals surface area contributed by atoms with Gasteiger partial charge in [-0.15, -0.1) is 26.3 Å². The molecule has 0 aliphatic heterocycles. The van der Waals surface area contributed by atoms with E-state index in [1.54, 1.807) is 0 Å². The zero-order chi connectivity index (χ0) is 15.1. The molecule has 9 heteroatoms. The third-order valence-corrected chi connectivity index (χ3v) is 2.54. The van der Waals surface area contributed by atoms with Gasteiger partial charge in [-0.1, -0.05) is 0 Å². The molecule has 1 aliphatic carbocycles. The van der Waals surface area contributed by atoms with Crippen LogP contribution in [0.2, 0.25) is 0 Å². The molecule has 0 bridgehead atoms. The van der Waals surface area contributed by atoms with E-state index in [0.717, 1.165) is 6.07 Å². The Morgan fingerprint density at radius 3 is 1.85 bits per heavy atom. The van der Waals surface area contributed by atoms with Gasteiger partial charge in [-0.25, -0.2) is 0 Å². The number of hydrogen-bond acceptors (Lipinski definition) is 3. The Bertz CT molecular complexity index is 546. The van der Waals surface area contributed by atoms with Gasteiger partial charge in [-0.2, -0.15) is 0 Å². The van der Waals surface area contributed by atoms with Crippen molar-refractivity contribution in [2.45, 2.75) is 25.6 Å². The van der Waals surface area contributed by atoms with Gasteiger partial charge >= 0.3 is 12.7 Å². The smallest absolute Gasteiger partial charge is 0.402 e. The van der Waals surface area contributed by atoms with Crippen LogP contribution in [0.3, 0.4) is 0 Å². The Balaban J connectivity index is 2.45. The first-order chi connectivity index (χ1) is 9.05. The number of benzene rings is 1. The van der Waals surface area contributed by atoms with Crippen molar-refractivity contribution < 1.29 is 40.6 Å². The van der Waals surface area contributed by atoms with Crippen LogP contribution in [0.5, 0.6) is 11.5 Å². The molecule has 0 unspecified atom stereocenters. The molecular weight excluding hydrogens is 294 g/mol. The van der Waals surface area contributed by atoms with E-state index < -0.39 is 30.0 Å². The van der Waals surface area contributed by atoms with E-state index in [9.17, 15) is 31.1 Å². The van der Waals surface area contributed by atoms with Crippen LogP contribution in [0, 0.1) is 0 Å². The molecule has 110 valence electrons. The summed E-state index contributed by atoms with van der Waals surface area (Å²) >= 11 is 0. The van der Waals surface area contributed by atoms with Crippen molar-refractivity contribution in [1.82, 2.24) is 0 Å². The first-order valence-corrected chi connectivity index (χ1v) is 5.27. The molecule has 0 atom stereocenters. The first-order valence-electron chi connectivity index (χ1n) is 5.27. The number of alkyl halides is 6. The van der Waals surface area contributed by atoms with Gasteiger partial charge in [0.15, 0.2) is 17.3 Å². The molecular formula is C11H6F6O3. The molecule has 0 radical (unpaired) electrons. The van der Waals surface area contributed by atoms with Crippen molar-refractivity contribution in [3.05, 3.63) is 23.3 Å². The number of aryl methyl sites for hydroxylation is 1. The van der Waals surface area contributed by atoms with E-state index in [1.807, 2.05) is 0 Å². The zero-order valence-corrected chi connectivity index (χ0v) is 9.56. The van der Waals surface area contributed by atoms with E-state index in [-0.39, 0.29) is 24.0 Å². The molecule has 2 rings (SSSR count). The summed E-state index contributed by atoms with van der Waals surface area (Å²) in [6.07, 6.45) is -10.2. The summed E-state index contributed by atoms with van der Waals surface area (Å²) in [6.45, 7) is 0. The van der Waals surface area contributed by atoms with Gasteiger partial charge in [-0.05, 0) is 24.1 Å². The fourth-order valence-electron chi connectivity index (χ4n) is 1.86. The van der Waals surface area contributed by atoms with Crippen LogP contribution in [0.15, 0.2) is 12.1 Å². The number of halogens is 6. The van der Waals surface area contributed by atoms with Crippen LogP contribution < -0.4 is 9.47 Å². The second-order valence-electron chi connectivity index (χ2n) is 3.97. The summed E-state index contributed by atoms with van der Waals surface area (Å²) < 4.78 is 79.9. The number of carbonyl (C=O) groups excluding carboxylic acids is 1. The molecule has 1 aliphatic rings. The molecule has 20 heavy (non-hydrogen) atoms. The molecule has 0 N–H and O–H groups in total. The SMILES string of the molecule is O=C1CCc2cc(OC(F)(F)F)c(OC(F)(F)F)cc21. The van der Waals surface area contributed by atoms with Crippen LogP contribution in [0.1, 0.15) is 22.3 Å². The Kier molecular flexibility index (Phi) is 3.31. The van der Waals surface area contributed by atoms with Gasteiger partial charge in [0.05, 0.1) is 0 Å². The number of fused-ring (bicyclic) bond motifs is 1. The van der Waals surface area contributed by atoms with Crippen molar-refractivity contribution >= 4 is 5.78 Å². The second kappa shape index (κ2) is 4.57. The molecule has 0 amide bonds.